The quantitative estimate of drug-likeness (QED) is 0.128. The standard InChI is InChI=1S/C75H62BN5O.Pt/c1-50-44-69(80-68-39-23-35-64-63-32-17-18-36-65(63)81(72(64)68)76(80)58-28-15-10-16-29-58)77-73(70(50)54-26-13-9-14-27-54)82-60-31-21-30-59(48-60)78-49-79(67-38-20-19-37-66(67)78)71-61(53-42-40-52(41-43-53)51-24-11-8-12-25-51)33-22-34-62(71)55-45-56(74(2,3)4)47-57(46-55)75(5,6)7;/h8-48H,1-7H3;/i1D3,19D,20D,37D,38D;. The third-order valence-corrected chi connectivity index (χ3v) is 17.1. The molecule has 6 nitrogen and oxygen atoms in total. The molecule has 4 heterocycles. The van der Waals surface area contributed by atoms with Crippen LogP contribution < -0.4 is 15.0 Å². The van der Waals surface area contributed by atoms with E-state index in [0.29, 0.717) is 32.2 Å². The number of rotatable bonds is 10. The van der Waals surface area contributed by atoms with Crippen molar-refractivity contribution in [1.29, 1.82) is 0 Å². The summed E-state index contributed by atoms with van der Waals surface area (Å²) in [6, 6.07) is 73.8. The zero-order valence-corrected chi connectivity index (χ0v) is 49.2. The molecule has 1 aliphatic heterocycles. The van der Waals surface area contributed by atoms with E-state index in [1.54, 1.807) is 12.1 Å². The molecule has 0 radical (unpaired) electrons. The molecule has 0 atom stereocenters. The number of hydrogen-bond donors (Lipinski definition) is 0. The van der Waals surface area contributed by atoms with Gasteiger partial charge in [-0.15, -0.1) is 0 Å². The summed E-state index contributed by atoms with van der Waals surface area (Å²) < 4.78 is 80.0. The minimum atomic E-state index is -2.64. The van der Waals surface area contributed by atoms with Crippen LogP contribution in [0.15, 0.2) is 249 Å². The van der Waals surface area contributed by atoms with Crippen molar-refractivity contribution in [3.63, 3.8) is 0 Å². The van der Waals surface area contributed by atoms with Gasteiger partial charge in [-0.05, 0) is 6.07 Å². The maximum atomic E-state index is 9.92. The van der Waals surface area contributed by atoms with Gasteiger partial charge in [-0.1, -0.05) is 60.7 Å². The van der Waals surface area contributed by atoms with Crippen LogP contribution in [0.4, 0.5) is 11.5 Å². The fourth-order valence-electron chi connectivity index (χ4n) is 12.0. The Morgan fingerprint density at radius 2 is 1.10 bits per heavy atom. The zero-order valence-electron chi connectivity index (χ0n) is 53.9. The third-order valence-electron chi connectivity index (χ3n) is 16.1. The van der Waals surface area contributed by atoms with Gasteiger partial charge >= 0.3 is 427 Å². The predicted molar refractivity (Wildman–Crippen MR) is 343 cm³/mol. The van der Waals surface area contributed by atoms with Gasteiger partial charge in [0.2, 0.25) is 0 Å². The number of benzene rings is 10. The number of anilines is 2. The molecule has 83 heavy (non-hydrogen) atoms. The second-order valence-electron chi connectivity index (χ2n) is 23.4. The van der Waals surface area contributed by atoms with Crippen LogP contribution in [0.25, 0.3) is 88.7 Å². The Bertz CT molecular complexity index is 5040. The number of aromatic nitrogens is 4. The molecule has 0 saturated carbocycles. The molecule has 3 aromatic heterocycles. The Morgan fingerprint density at radius 3 is 1.78 bits per heavy atom. The van der Waals surface area contributed by atoms with Crippen molar-refractivity contribution < 1.29 is 33.7 Å². The van der Waals surface area contributed by atoms with E-state index in [1.807, 2.05) is 106 Å². The predicted octanol–water partition coefficient (Wildman–Crippen LogP) is 18.8. The van der Waals surface area contributed by atoms with E-state index in [4.69, 9.17) is 9.72 Å². The van der Waals surface area contributed by atoms with E-state index < -0.39 is 13.8 Å². The normalized spacial score (nSPS) is 13.9. The van der Waals surface area contributed by atoms with Crippen LogP contribution in [0.1, 0.15) is 67.8 Å². The summed E-state index contributed by atoms with van der Waals surface area (Å²) in [6.07, 6.45) is 0. The second kappa shape index (κ2) is 20.4. The Morgan fingerprint density at radius 1 is 0.518 bits per heavy atom. The van der Waals surface area contributed by atoms with E-state index in [-0.39, 0.29) is 57.5 Å². The number of para-hydroxylation sites is 5. The van der Waals surface area contributed by atoms with Crippen molar-refractivity contribution >= 4 is 56.8 Å². The first-order valence-corrected chi connectivity index (χ1v) is 29.2. The van der Waals surface area contributed by atoms with Crippen molar-refractivity contribution in [1.82, 2.24) is 18.6 Å². The first kappa shape index (κ1) is 44.6. The third kappa shape index (κ3) is 9.10. The molecule has 0 unspecified atom stereocenters. The van der Waals surface area contributed by atoms with E-state index in [1.165, 1.54) is 0 Å². The van der Waals surface area contributed by atoms with Crippen LogP contribution in [0.3, 0.4) is 0 Å². The number of imidazole rings is 1. The van der Waals surface area contributed by atoms with Gasteiger partial charge in [0.25, 0.3) is 0 Å². The molecule has 8 heteroatoms. The summed E-state index contributed by atoms with van der Waals surface area (Å²) in [5, 5.41) is 2.18. The Labute approximate surface area is 506 Å². The minimum absolute atomic E-state index is 0.0557. The summed E-state index contributed by atoms with van der Waals surface area (Å²) in [5.41, 5.74) is 14.3. The van der Waals surface area contributed by atoms with Gasteiger partial charge in [-0.25, -0.2) is 0 Å². The Balaban J connectivity index is 0.997. The van der Waals surface area contributed by atoms with Gasteiger partial charge in [-0.2, -0.15) is 0 Å². The maximum absolute atomic E-state index is 9.92. The van der Waals surface area contributed by atoms with Crippen LogP contribution in [0, 0.1) is 10.7 Å². The molecule has 0 bridgehead atoms. The van der Waals surface area contributed by atoms with Crippen molar-refractivity contribution in [2.45, 2.75) is 59.2 Å². The van der Waals surface area contributed by atoms with Gasteiger partial charge < -0.3 is 0 Å². The summed E-state index contributed by atoms with van der Waals surface area (Å²) in [5.74, 6) is 0.747. The van der Waals surface area contributed by atoms with Crippen LogP contribution >= 0.6 is 0 Å². The number of nitrogens with zero attached hydrogens (tertiary/aromatic N) is 5. The summed E-state index contributed by atoms with van der Waals surface area (Å²) in [4.78, 5) is 7.55. The molecule has 0 fully saturated rings. The Kier molecular flexibility index (Phi) is 11.0. The summed E-state index contributed by atoms with van der Waals surface area (Å²) in [6.45, 7) is 10.2. The molecule has 0 N–H and O–H groups in total. The topological polar surface area (TPSA) is 40.1 Å². The Hall–Kier alpha value is -9.03. The second-order valence-corrected chi connectivity index (χ2v) is 24.5. The van der Waals surface area contributed by atoms with Gasteiger partial charge in [0.05, 0.1) is 0 Å². The van der Waals surface area contributed by atoms with E-state index >= 15 is 0 Å². The molecule has 0 aliphatic carbocycles. The monoisotopic (exact) mass is 1260 g/mol. The van der Waals surface area contributed by atoms with Gasteiger partial charge in [0.15, 0.2) is 0 Å². The van der Waals surface area contributed by atoms with Crippen LogP contribution in [-0.2, 0) is 30.2 Å². The van der Waals surface area contributed by atoms with Crippen molar-refractivity contribution in [2.75, 3.05) is 4.81 Å². The number of hydrogen-bond acceptors (Lipinski definition) is 3. The van der Waals surface area contributed by atoms with Gasteiger partial charge in [0.1, 0.15) is 0 Å². The molecule has 1 aliphatic rings. The first-order valence-electron chi connectivity index (χ1n) is 31.6. The average Bonchev–Trinajstić information content (AvgIpc) is 1.54. The van der Waals surface area contributed by atoms with Crippen LogP contribution in [-0.4, -0.2) is 25.6 Å². The fraction of sp³-hybridized carbons (Fsp3) is 0.120. The molecule has 13 aromatic rings. The van der Waals surface area contributed by atoms with E-state index in [2.05, 4.69) is 185 Å². The van der Waals surface area contributed by atoms with E-state index in [9.17, 15) is 9.60 Å². The molecule has 0 amide bonds. The van der Waals surface area contributed by atoms with Gasteiger partial charge in [0, 0.05) is 16.3 Å². The molecule has 10 aromatic carbocycles. The van der Waals surface area contributed by atoms with Gasteiger partial charge in [-0.3, -0.25) is 0 Å². The van der Waals surface area contributed by atoms with Crippen LogP contribution in [0.2, 0.25) is 0 Å². The van der Waals surface area contributed by atoms with E-state index in [0.717, 1.165) is 83.2 Å². The molecule has 14 rings (SSSR count). The SMILES string of the molecule is [2H]c1c([2H])c([2H])c2c(c1[2H])n(-c1cccc(Oc3nc(N4B(c5ccccc5)n5c6ccccc6c6cccc4c65)cc(C([2H])([2H])[2H])c3-c3ccccc3)c1)[c](=[Pt])n2-c1c(-c2ccc(-c3ccccc3)cc2)cccc1-c1cc(C(C)(C)C)cc(C(C)(C)C)c1. The van der Waals surface area contributed by atoms with Crippen molar-refractivity contribution in [3.05, 3.63) is 269 Å². The number of pyridine rings is 1. The molecular weight excluding hydrogens is 1190 g/mol. The van der Waals surface area contributed by atoms with Crippen molar-refractivity contribution in [3.8, 4) is 67.5 Å². The number of ether oxygens (including phenoxy) is 1. The zero-order chi connectivity index (χ0) is 62.7. The average molecular weight is 1260 g/mol. The first-order chi connectivity index (χ1) is 43.2. The number of fused-ring (bicyclic) bond motifs is 4. The molecule has 406 valence electrons. The summed E-state index contributed by atoms with van der Waals surface area (Å²) in [7, 11) is 0. The fourth-order valence-corrected chi connectivity index (χ4v) is 13.0. The summed E-state index contributed by atoms with van der Waals surface area (Å²) >= 11 is 2.27. The van der Waals surface area contributed by atoms with Crippen LogP contribution in [0.5, 0.6) is 11.6 Å². The molecule has 0 spiro atoms. The molecular formula is C75H62BN5OPt. The number of aryl methyl sites for hydroxylation is 1. The van der Waals surface area contributed by atoms with Crippen molar-refractivity contribution in [2.24, 2.45) is 0 Å². The molecule has 0 saturated heterocycles.